The van der Waals surface area contributed by atoms with Crippen LogP contribution in [0, 0.1) is 17.8 Å². The van der Waals surface area contributed by atoms with E-state index in [9.17, 15) is 0 Å². The lowest BCUT2D eigenvalue weighted by Crippen LogP contribution is -2.42. The molecule has 58 valence electrons. The first kappa shape index (κ1) is 7.17. The third-order valence-electron chi connectivity index (χ3n) is 3.71. The fourth-order valence-electron chi connectivity index (χ4n) is 2.77. The molecule has 3 rings (SSSR count). The highest BCUT2D eigenvalue weighted by Crippen LogP contribution is 2.55. The van der Waals surface area contributed by atoms with Crippen molar-refractivity contribution >= 4 is 21.8 Å². The van der Waals surface area contributed by atoms with Crippen LogP contribution in [0.5, 0.6) is 0 Å². The molecule has 1 unspecified atom stereocenters. The minimum Gasteiger partial charge on any atom is -0.126 e. The van der Waals surface area contributed by atoms with Gasteiger partial charge in [0.05, 0.1) is 0 Å². The molecule has 4 atom stereocenters. The second-order valence-electron chi connectivity index (χ2n) is 4.01. The summed E-state index contributed by atoms with van der Waals surface area (Å²) in [6.45, 7) is 0. The van der Waals surface area contributed by atoms with Crippen molar-refractivity contribution in [1.82, 2.24) is 0 Å². The van der Waals surface area contributed by atoms with Crippen LogP contribution in [-0.4, -0.2) is 16.1 Å². The molecular weight excluding hydrogens is 160 g/mol. The zero-order chi connectivity index (χ0) is 7.14. The lowest BCUT2D eigenvalue weighted by Gasteiger charge is -2.52. The topological polar surface area (TPSA) is 0 Å². The van der Waals surface area contributed by atoms with Crippen molar-refractivity contribution in [2.75, 3.05) is 5.88 Å². The fourth-order valence-corrected chi connectivity index (χ4v) is 4.57. The van der Waals surface area contributed by atoms with Gasteiger partial charge in [0, 0.05) is 16.1 Å². The van der Waals surface area contributed by atoms with Gasteiger partial charge in [0.2, 0.25) is 0 Å². The van der Waals surface area contributed by atoms with Crippen molar-refractivity contribution in [3.05, 3.63) is 0 Å². The van der Waals surface area contributed by atoms with Gasteiger partial charge >= 0.3 is 0 Å². The number of fused-ring (bicyclic) bond motifs is 2. The minimum absolute atomic E-state index is 0.897. The summed E-state index contributed by atoms with van der Waals surface area (Å²) < 4.78 is 0. The summed E-state index contributed by atoms with van der Waals surface area (Å²) in [7, 11) is 1.42. The van der Waals surface area contributed by atoms with Crippen molar-refractivity contribution < 1.29 is 0 Å². The molecule has 2 heteroatoms. The number of hydrogen-bond acceptors (Lipinski definition) is 0. The van der Waals surface area contributed by atoms with Crippen LogP contribution >= 0.6 is 11.6 Å². The van der Waals surface area contributed by atoms with Crippen LogP contribution in [-0.2, 0) is 0 Å². The Labute approximate surface area is 70.8 Å². The Hall–Kier alpha value is 0.507. The Morgan fingerprint density at radius 3 is 2.60 bits per heavy atom. The molecule has 0 spiro atoms. The average Bonchev–Trinajstić information content (AvgIpc) is 2.03. The van der Waals surface area contributed by atoms with E-state index in [2.05, 4.69) is 0 Å². The number of rotatable bonds is 1. The summed E-state index contributed by atoms with van der Waals surface area (Å²) in [4.78, 5) is 0. The molecule has 0 amide bonds. The first-order valence-corrected chi connectivity index (χ1v) is 6.08. The summed E-state index contributed by atoms with van der Waals surface area (Å²) in [6, 6.07) is 0. The second-order valence-corrected chi connectivity index (χ2v) is 5.65. The molecule has 0 heterocycles. The number of halogens is 1. The van der Waals surface area contributed by atoms with E-state index in [1.807, 2.05) is 0 Å². The molecular formula is C8H15ClSi. The molecule has 3 saturated carbocycles. The monoisotopic (exact) mass is 174 g/mol. The van der Waals surface area contributed by atoms with Gasteiger partial charge in [-0.15, -0.1) is 11.6 Å². The highest BCUT2D eigenvalue weighted by molar-refractivity contribution is 6.18. The van der Waals surface area contributed by atoms with Gasteiger partial charge in [-0.25, -0.2) is 0 Å². The largest absolute Gasteiger partial charge is 0.126 e. The lowest BCUT2D eigenvalue weighted by atomic mass is 9.60. The van der Waals surface area contributed by atoms with Crippen molar-refractivity contribution in [2.24, 2.45) is 17.8 Å². The molecule has 0 radical (unpaired) electrons. The molecule has 0 aromatic carbocycles. The van der Waals surface area contributed by atoms with E-state index in [1.165, 1.54) is 29.5 Å². The van der Waals surface area contributed by atoms with E-state index in [4.69, 9.17) is 11.6 Å². The van der Waals surface area contributed by atoms with Crippen LogP contribution < -0.4 is 0 Å². The maximum atomic E-state index is 5.88. The van der Waals surface area contributed by atoms with Crippen LogP contribution in [0.15, 0.2) is 0 Å². The molecule has 3 fully saturated rings. The highest BCUT2D eigenvalue weighted by Gasteiger charge is 2.45. The van der Waals surface area contributed by atoms with Crippen molar-refractivity contribution in [1.29, 1.82) is 0 Å². The minimum atomic E-state index is 0.897. The van der Waals surface area contributed by atoms with Crippen LogP contribution in [0.2, 0.25) is 5.54 Å². The molecule has 3 aliphatic rings. The van der Waals surface area contributed by atoms with Gasteiger partial charge < -0.3 is 0 Å². The standard InChI is InChI=1S/C8H15ClSi/c9-4-6-2-1-5-3-7(6)8(5)10/h5-8H,1-4H2,10H3/t5-,6+,7-,8?/m0/s1. The van der Waals surface area contributed by atoms with Crippen molar-refractivity contribution in [3.8, 4) is 0 Å². The molecule has 0 saturated heterocycles. The van der Waals surface area contributed by atoms with Gasteiger partial charge in [-0.1, -0.05) is 6.42 Å². The summed E-state index contributed by atoms with van der Waals surface area (Å²) in [6.07, 6.45) is 4.44. The molecule has 3 aliphatic carbocycles. The van der Waals surface area contributed by atoms with Crippen molar-refractivity contribution in [3.63, 3.8) is 0 Å². The first-order valence-electron chi connectivity index (χ1n) is 4.39. The van der Waals surface area contributed by atoms with E-state index >= 15 is 0 Å². The highest BCUT2D eigenvalue weighted by atomic mass is 35.5. The Bertz CT molecular complexity index is 133. The predicted octanol–water partition coefficient (Wildman–Crippen LogP) is 1.43. The van der Waals surface area contributed by atoms with E-state index in [0.29, 0.717) is 0 Å². The van der Waals surface area contributed by atoms with Gasteiger partial charge in [-0.05, 0) is 36.1 Å². The first-order chi connectivity index (χ1) is 4.83. The Balaban J connectivity index is 2.00. The van der Waals surface area contributed by atoms with Crippen LogP contribution in [0.4, 0.5) is 0 Å². The predicted molar refractivity (Wildman–Crippen MR) is 48.7 cm³/mol. The smallest absolute Gasteiger partial charge is 0.0254 e. The Morgan fingerprint density at radius 1 is 1.40 bits per heavy atom. The second kappa shape index (κ2) is 2.52. The summed E-state index contributed by atoms with van der Waals surface area (Å²) in [5.74, 6) is 4.02. The molecule has 10 heavy (non-hydrogen) atoms. The van der Waals surface area contributed by atoms with Gasteiger partial charge in [-0.3, -0.25) is 0 Å². The zero-order valence-corrected chi connectivity index (χ0v) is 9.27. The van der Waals surface area contributed by atoms with E-state index in [-0.39, 0.29) is 0 Å². The van der Waals surface area contributed by atoms with E-state index in [1.54, 1.807) is 0 Å². The maximum Gasteiger partial charge on any atom is 0.0254 e. The van der Waals surface area contributed by atoms with E-state index in [0.717, 1.165) is 29.2 Å². The summed E-state index contributed by atoms with van der Waals surface area (Å²) in [5, 5.41) is 0. The fraction of sp³-hybridized carbons (Fsp3) is 1.00. The van der Waals surface area contributed by atoms with Gasteiger partial charge in [0.1, 0.15) is 0 Å². The van der Waals surface area contributed by atoms with Crippen LogP contribution in [0.3, 0.4) is 0 Å². The van der Waals surface area contributed by atoms with Gasteiger partial charge in [0.15, 0.2) is 0 Å². The Kier molecular flexibility index (Phi) is 1.81. The molecule has 2 bridgehead atoms. The lowest BCUT2D eigenvalue weighted by molar-refractivity contribution is 0.0637. The average molecular weight is 175 g/mol. The number of hydrogen-bond donors (Lipinski definition) is 0. The van der Waals surface area contributed by atoms with Gasteiger partial charge in [0.25, 0.3) is 0 Å². The SMILES string of the molecule is [SiH3]C1[C@H]2CC[C@H](CCl)[C@@H]1C2. The zero-order valence-electron chi connectivity index (χ0n) is 6.52. The third kappa shape index (κ3) is 0.868. The molecule has 0 nitrogen and oxygen atoms in total. The summed E-state index contributed by atoms with van der Waals surface area (Å²) >= 11 is 5.88. The van der Waals surface area contributed by atoms with Crippen molar-refractivity contribution in [2.45, 2.75) is 24.8 Å². The number of alkyl halides is 1. The maximum absolute atomic E-state index is 5.88. The van der Waals surface area contributed by atoms with Gasteiger partial charge in [-0.2, -0.15) is 0 Å². The molecule has 0 aliphatic heterocycles. The molecule has 0 N–H and O–H groups in total. The molecule has 0 aromatic heterocycles. The Morgan fingerprint density at radius 2 is 2.20 bits per heavy atom. The van der Waals surface area contributed by atoms with Crippen LogP contribution in [0.1, 0.15) is 19.3 Å². The summed E-state index contributed by atoms with van der Waals surface area (Å²) in [5.41, 5.74) is 1.14. The normalized spacial score (nSPS) is 52.5. The third-order valence-corrected chi connectivity index (χ3v) is 5.90. The van der Waals surface area contributed by atoms with Crippen LogP contribution in [0.25, 0.3) is 0 Å². The quantitative estimate of drug-likeness (QED) is 0.417. The molecule has 0 aromatic rings. The van der Waals surface area contributed by atoms with E-state index < -0.39 is 0 Å².